The van der Waals surface area contributed by atoms with Crippen LogP contribution in [0.15, 0.2) is 12.1 Å². The van der Waals surface area contributed by atoms with E-state index < -0.39 is 0 Å². The Kier molecular flexibility index (Phi) is 3.87. The van der Waals surface area contributed by atoms with Gasteiger partial charge in [-0.05, 0) is 26.0 Å². The smallest absolute Gasteiger partial charge is 0.497 e. The van der Waals surface area contributed by atoms with E-state index in [-0.39, 0.29) is 18.2 Å². The van der Waals surface area contributed by atoms with Gasteiger partial charge in [-0.1, -0.05) is 11.1 Å². The van der Waals surface area contributed by atoms with Crippen LogP contribution in [-0.2, 0) is 0 Å². The van der Waals surface area contributed by atoms with E-state index in [0.29, 0.717) is 0 Å². The Morgan fingerprint density at radius 1 is 1.25 bits per heavy atom. The Hall–Kier alpha value is 0.266. The van der Waals surface area contributed by atoms with E-state index in [1.807, 2.05) is 0 Å². The number of hydrogen-bond acceptors (Lipinski definition) is 1. The van der Waals surface area contributed by atoms with Crippen molar-refractivity contribution in [3.05, 3.63) is 23.3 Å². The summed E-state index contributed by atoms with van der Waals surface area (Å²) in [6, 6.07) is 4.19. The first kappa shape index (κ1) is 10.3. The largest absolute Gasteiger partial charge is 0.507 e. The molecule has 0 aliphatic heterocycles. The molecule has 0 radical (unpaired) electrons. The molecule has 0 amide bonds. The van der Waals surface area contributed by atoms with Crippen LogP contribution in [0.1, 0.15) is 11.1 Å². The summed E-state index contributed by atoms with van der Waals surface area (Å²) in [7, 11) is 1.71. The second-order valence-electron chi connectivity index (χ2n) is 2.87. The fourth-order valence-electron chi connectivity index (χ4n) is 1.28. The summed E-state index contributed by atoms with van der Waals surface area (Å²) in [5.41, 5.74) is 2.69. The second-order valence-corrected chi connectivity index (χ2v) is 5.53. The SMILES string of the molecule is COc1cc(C)[c]([Mg][Br])c(C)c1. The fourth-order valence-corrected chi connectivity index (χ4v) is 4.56. The molecular formula is C9H11BrMgO. The first-order chi connectivity index (χ1) is 5.69. The predicted octanol–water partition coefficient (Wildman–Crippen LogP) is 1.95. The topological polar surface area (TPSA) is 9.23 Å². The van der Waals surface area contributed by atoms with Crippen molar-refractivity contribution in [1.29, 1.82) is 0 Å². The lowest BCUT2D eigenvalue weighted by atomic mass is 10.1. The number of aryl methyl sites for hydroxylation is 2. The highest BCUT2D eigenvalue weighted by molar-refractivity contribution is 9.23. The van der Waals surface area contributed by atoms with Gasteiger partial charge in [-0.15, -0.1) is 3.69 Å². The fraction of sp³-hybridized carbons (Fsp3) is 0.333. The molecule has 1 rings (SSSR count). The lowest BCUT2D eigenvalue weighted by Crippen LogP contribution is -2.16. The van der Waals surface area contributed by atoms with E-state index in [0.717, 1.165) is 5.75 Å². The van der Waals surface area contributed by atoms with Gasteiger partial charge < -0.3 is 4.74 Å². The molecule has 0 spiro atoms. The summed E-state index contributed by atoms with van der Waals surface area (Å²) in [6.07, 6.45) is 0. The Balaban J connectivity index is 3.18. The number of rotatable bonds is 2. The molecule has 0 saturated carbocycles. The quantitative estimate of drug-likeness (QED) is 0.717. The van der Waals surface area contributed by atoms with Gasteiger partial charge in [-0.25, -0.2) is 0 Å². The zero-order valence-electron chi connectivity index (χ0n) is 7.65. The first-order valence-electron chi connectivity index (χ1n) is 3.89. The van der Waals surface area contributed by atoms with Crippen LogP contribution in [0, 0.1) is 13.8 Å². The van der Waals surface area contributed by atoms with Gasteiger partial charge in [0.15, 0.2) is 0 Å². The van der Waals surface area contributed by atoms with Crippen molar-refractivity contribution in [2.45, 2.75) is 13.8 Å². The molecule has 0 bridgehead atoms. The molecule has 1 nitrogen and oxygen atoms in total. The highest BCUT2D eigenvalue weighted by atomic mass is 79.9. The van der Waals surface area contributed by atoms with Crippen LogP contribution in [-0.4, -0.2) is 25.3 Å². The first-order valence-corrected chi connectivity index (χ1v) is 8.49. The number of halogens is 1. The number of ether oxygens (including phenoxy) is 1. The molecule has 0 N–H and O–H groups in total. The van der Waals surface area contributed by atoms with Crippen LogP contribution < -0.4 is 8.43 Å². The van der Waals surface area contributed by atoms with E-state index in [1.54, 1.807) is 7.11 Å². The third-order valence-electron chi connectivity index (χ3n) is 2.04. The Bertz CT molecular complexity index is 263. The number of benzene rings is 1. The van der Waals surface area contributed by atoms with Gasteiger partial charge in [0.2, 0.25) is 0 Å². The maximum Gasteiger partial charge on any atom is 0.507 e. The Labute approximate surface area is 89.1 Å². The van der Waals surface area contributed by atoms with E-state index in [4.69, 9.17) is 4.74 Å². The molecule has 0 unspecified atom stereocenters. The molecule has 3 heteroatoms. The van der Waals surface area contributed by atoms with Crippen LogP contribution in [0.2, 0.25) is 0 Å². The summed E-state index contributed by atoms with van der Waals surface area (Å²) >= 11 is 3.37. The minimum Gasteiger partial charge on any atom is -0.497 e. The lowest BCUT2D eigenvalue weighted by Gasteiger charge is -2.09. The molecule has 0 fully saturated rings. The molecule has 62 valence electrons. The van der Waals surface area contributed by atoms with Crippen LogP contribution in [0.5, 0.6) is 5.75 Å². The standard InChI is InChI=1S/C9H11O.BrH.Mg/c1-7-4-8(2)6-9(5-7)10-3;;/h5-6H,1-3H3;1H;/q;;+1/p-1. The van der Waals surface area contributed by atoms with Crippen molar-refractivity contribution in [3.63, 3.8) is 0 Å². The molecule has 12 heavy (non-hydrogen) atoms. The monoisotopic (exact) mass is 238 g/mol. The molecule has 0 heterocycles. The van der Waals surface area contributed by atoms with Crippen molar-refractivity contribution < 1.29 is 4.74 Å². The van der Waals surface area contributed by atoms with Crippen LogP contribution in [0.3, 0.4) is 0 Å². The average molecular weight is 239 g/mol. The van der Waals surface area contributed by atoms with Crippen LogP contribution in [0.4, 0.5) is 0 Å². The van der Waals surface area contributed by atoms with Crippen LogP contribution >= 0.6 is 12.9 Å². The highest BCUT2D eigenvalue weighted by Crippen LogP contribution is 2.13. The van der Waals surface area contributed by atoms with Gasteiger partial charge in [0.1, 0.15) is 5.75 Å². The van der Waals surface area contributed by atoms with Crippen molar-refractivity contribution >= 4 is 34.8 Å². The molecule has 0 saturated heterocycles. The zero-order chi connectivity index (χ0) is 9.14. The predicted molar refractivity (Wildman–Crippen MR) is 56.8 cm³/mol. The maximum absolute atomic E-state index is 5.18. The normalized spacial score (nSPS) is 9.33. The highest BCUT2D eigenvalue weighted by Gasteiger charge is 2.05. The summed E-state index contributed by atoms with van der Waals surface area (Å²) < 4.78 is 6.67. The van der Waals surface area contributed by atoms with E-state index >= 15 is 0 Å². The van der Waals surface area contributed by atoms with Gasteiger partial charge in [-0.2, -0.15) is 0 Å². The van der Waals surface area contributed by atoms with E-state index in [9.17, 15) is 0 Å². The zero-order valence-corrected chi connectivity index (χ0v) is 10.6. The van der Waals surface area contributed by atoms with Crippen LogP contribution in [0.25, 0.3) is 0 Å². The van der Waals surface area contributed by atoms with Gasteiger partial charge in [0.25, 0.3) is 0 Å². The second kappa shape index (κ2) is 4.49. The van der Waals surface area contributed by atoms with Crippen molar-refractivity contribution in [1.82, 2.24) is 0 Å². The molecule has 0 aliphatic carbocycles. The summed E-state index contributed by atoms with van der Waals surface area (Å²) in [4.78, 5) is 0. The Morgan fingerprint density at radius 3 is 2.08 bits per heavy atom. The van der Waals surface area contributed by atoms with E-state index in [2.05, 4.69) is 38.9 Å². The summed E-state index contributed by atoms with van der Waals surface area (Å²) in [5.74, 6) is 0.962. The molecule has 0 aromatic heterocycles. The summed E-state index contributed by atoms with van der Waals surface area (Å²) in [5, 5.41) is 0. The molecule has 1 aromatic carbocycles. The summed E-state index contributed by atoms with van der Waals surface area (Å²) in [6.45, 7) is 4.28. The van der Waals surface area contributed by atoms with Crippen molar-refractivity contribution in [2.24, 2.45) is 0 Å². The lowest BCUT2D eigenvalue weighted by molar-refractivity contribution is 0.414. The van der Waals surface area contributed by atoms with Crippen molar-refractivity contribution in [3.8, 4) is 5.75 Å². The van der Waals surface area contributed by atoms with Gasteiger partial charge in [0, 0.05) is 0 Å². The minimum atomic E-state index is -0.233. The third-order valence-corrected chi connectivity index (χ3v) is 5.10. The molecular weight excluding hydrogens is 228 g/mol. The average Bonchev–Trinajstić information content (AvgIpc) is 2.03. The number of methoxy groups -OCH3 is 1. The molecule has 1 aromatic rings. The number of hydrogen-bond donors (Lipinski definition) is 0. The minimum absolute atomic E-state index is 0.233. The van der Waals surface area contributed by atoms with Gasteiger partial charge >= 0.3 is 18.2 Å². The van der Waals surface area contributed by atoms with Crippen molar-refractivity contribution in [2.75, 3.05) is 7.11 Å². The molecule has 0 atom stereocenters. The van der Waals surface area contributed by atoms with E-state index in [1.165, 1.54) is 14.8 Å². The third kappa shape index (κ3) is 2.15. The Morgan fingerprint density at radius 2 is 1.75 bits per heavy atom. The van der Waals surface area contributed by atoms with Gasteiger partial charge in [0.05, 0.1) is 7.11 Å². The maximum atomic E-state index is 5.18. The molecule has 0 aliphatic rings. The van der Waals surface area contributed by atoms with Gasteiger partial charge in [-0.3, -0.25) is 12.9 Å².